The van der Waals surface area contributed by atoms with Gasteiger partial charge in [0.2, 0.25) is 5.75 Å². The van der Waals surface area contributed by atoms with Crippen molar-refractivity contribution in [3.8, 4) is 23.0 Å². The lowest BCUT2D eigenvalue weighted by Crippen LogP contribution is -2.01. The average molecular weight is 353 g/mol. The van der Waals surface area contributed by atoms with Gasteiger partial charge in [0.15, 0.2) is 11.5 Å². The number of halogens is 1. The van der Waals surface area contributed by atoms with E-state index in [2.05, 4.69) is 15.9 Å². The van der Waals surface area contributed by atoms with Gasteiger partial charge in [0.25, 0.3) is 0 Å². The van der Waals surface area contributed by atoms with Crippen LogP contribution >= 0.6 is 15.9 Å². The molecule has 5 heteroatoms. The number of ether oxygens (including phenoxy) is 3. The van der Waals surface area contributed by atoms with Gasteiger partial charge in [-0.15, -0.1) is 0 Å². The number of methoxy groups -OCH3 is 2. The molecule has 0 aliphatic carbocycles. The van der Waals surface area contributed by atoms with Crippen molar-refractivity contribution < 1.29 is 19.3 Å². The number of alkyl halides is 1. The van der Waals surface area contributed by atoms with Gasteiger partial charge in [-0.25, -0.2) is 0 Å². The molecule has 112 valence electrons. The third kappa shape index (κ3) is 3.82. The molecule has 0 unspecified atom stereocenters. The molecule has 0 aliphatic rings. The molecular weight excluding hydrogens is 336 g/mol. The minimum atomic E-state index is 0.213. The van der Waals surface area contributed by atoms with Gasteiger partial charge in [-0.05, 0) is 35.4 Å². The molecule has 0 aromatic heterocycles. The quantitative estimate of drug-likeness (QED) is 0.801. The van der Waals surface area contributed by atoms with E-state index in [9.17, 15) is 5.11 Å². The highest BCUT2D eigenvalue weighted by Gasteiger charge is 2.14. The number of rotatable bonds is 6. The minimum Gasteiger partial charge on any atom is -0.508 e. The normalized spacial score (nSPS) is 10.2. The smallest absolute Gasteiger partial charge is 0.203 e. The first kappa shape index (κ1) is 15.5. The third-order valence-electron chi connectivity index (χ3n) is 2.97. The highest BCUT2D eigenvalue weighted by Crippen LogP contribution is 2.39. The summed E-state index contributed by atoms with van der Waals surface area (Å²) in [6.45, 7) is 0.314. The SMILES string of the molecule is COc1cc(CBr)cc(OC)c1OCc1cccc(O)c1. The standard InChI is InChI=1S/C16H17BrO4/c1-19-14-7-12(9-17)8-15(20-2)16(14)21-10-11-4-3-5-13(18)6-11/h3-8,18H,9-10H2,1-2H3. The van der Waals surface area contributed by atoms with Crippen molar-refractivity contribution in [2.45, 2.75) is 11.9 Å². The zero-order chi connectivity index (χ0) is 15.2. The molecule has 0 radical (unpaired) electrons. The van der Waals surface area contributed by atoms with Crippen LogP contribution in [0.3, 0.4) is 0 Å². The Bertz CT molecular complexity index is 588. The lowest BCUT2D eigenvalue weighted by Gasteiger charge is -2.15. The van der Waals surface area contributed by atoms with Crippen molar-refractivity contribution in [3.63, 3.8) is 0 Å². The summed E-state index contributed by atoms with van der Waals surface area (Å²) in [6, 6.07) is 10.7. The van der Waals surface area contributed by atoms with E-state index in [0.717, 1.165) is 11.1 Å². The van der Waals surface area contributed by atoms with Crippen LogP contribution < -0.4 is 14.2 Å². The van der Waals surface area contributed by atoms with Gasteiger partial charge in [-0.2, -0.15) is 0 Å². The molecule has 0 aliphatic heterocycles. The molecule has 0 saturated carbocycles. The molecule has 0 amide bonds. The van der Waals surface area contributed by atoms with E-state index in [1.807, 2.05) is 18.2 Å². The summed E-state index contributed by atoms with van der Waals surface area (Å²) >= 11 is 3.41. The van der Waals surface area contributed by atoms with Crippen LogP contribution in [0.5, 0.6) is 23.0 Å². The predicted octanol–water partition coefficient (Wildman–Crippen LogP) is 3.88. The monoisotopic (exact) mass is 352 g/mol. The summed E-state index contributed by atoms with van der Waals surface area (Å²) in [5, 5.41) is 10.2. The second-order valence-electron chi connectivity index (χ2n) is 4.42. The fourth-order valence-corrected chi connectivity index (χ4v) is 2.28. The van der Waals surface area contributed by atoms with E-state index >= 15 is 0 Å². The summed E-state index contributed by atoms with van der Waals surface area (Å²) in [7, 11) is 3.18. The number of hydrogen-bond acceptors (Lipinski definition) is 4. The van der Waals surface area contributed by atoms with Crippen molar-refractivity contribution in [1.29, 1.82) is 0 Å². The van der Waals surface area contributed by atoms with E-state index < -0.39 is 0 Å². The summed E-state index contributed by atoms with van der Waals surface area (Å²) in [6.07, 6.45) is 0. The van der Waals surface area contributed by atoms with Crippen LogP contribution in [0.2, 0.25) is 0 Å². The number of aromatic hydroxyl groups is 1. The molecule has 0 bridgehead atoms. The van der Waals surface area contributed by atoms with Crippen LogP contribution in [0.1, 0.15) is 11.1 Å². The molecule has 0 saturated heterocycles. The van der Waals surface area contributed by atoms with Crippen LogP contribution in [0.25, 0.3) is 0 Å². The molecule has 0 spiro atoms. The summed E-state index contributed by atoms with van der Waals surface area (Å²) < 4.78 is 16.5. The van der Waals surface area contributed by atoms with Crippen LogP contribution in [-0.4, -0.2) is 19.3 Å². The summed E-state index contributed by atoms with van der Waals surface area (Å²) in [5.41, 5.74) is 1.90. The van der Waals surface area contributed by atoms with Crippen LogP contribution in [0, 0.1) is 0 Å². The van der Waals surface area contributed by atoms with E-state index in [1.165, 1.54) is 0 Å². The van der Waals surface area contributed by atoms with Gasteiger partial charge < -0.3 is 19.3 Å². The molecule has 4 nitrogen and oxygen atoms in total. The second-order valence-corrected chi connectivity index (χ2v) is 4.98. The molecule has 1 N–H and O–H groups in total. The van der Waals surface area contributed by atoms with Crippen molar-refractivity contribution in [1.82, 2.24) is 0 Å². The topological polar surface area (TPSA) is 47.9 Å². The Hall–Kier alpha value is -1.88. The molecule has 2 aromatic rings. The maximum absolute atomic E-state index is 9.47. The fourth-order valence-electron chi connectivity index (χ4n) is 1.96. The van der Waals surface area contributed by atoms with Crippen LogP contribution in [0.15, 0.2) is 36.4 Å². The van der Waals surface area contributed by atoms with E-state index in [-0.39, 0.29) is 5.75 Å². The third-order valence-corrected chi connectivity index (χ3v) is 3.62. The Labute approximate surface area is 132 Å². The van der Waals surface area contributed by atoms with Gasteiger partial charge in [0, 0.05) is 5.33 Å². The highest BCUT2D eigenvalue weighted by molar-refractivity contribution is 9.08. The van der Waals surface area contributed by atoms with Crippen molar-refractivity contribution in [2.24, 2.45) is 0 Å². The zero-order valence-corrected chi connectivity index (χ0v) is 13.5. The number of benzene rings is 2. The number of phenols is 1. The minimum absolute atomic E-state index is 0.213. The maximum Gasteiger partial charge on any atom is 0.203 e. The number of hydrogen-bond donors (Lipinski definition) is 1. The lowest BCUT2D eigenvalue weighted by atomic mass is 10.2. The Kier molecular flexibility index (Phi) is 5.33. The molecular formula is C16H17BrO4. The van der Waals surface area contributed by atoms with Crippen LogP contribution in [0.4, 0.5) is 0 Å². The molecule has 0 atom stereocenters. The second kappa shape index (κ2) is 7.22. The van der Waals surface area contributed by atoms with Gasteiger partial charge >= 0.3 is 0 Å². The Morgan fingerprint density at radius 2 is 1.67 bits per heavy atom. The van der Waals surface area contributed by atoms with E-state index in [0.29, 0.717) is 29.2 Å². The first-order chi connectivity index (χ1) is 10.2. The predicted molar refractivity (Wildman–Crippen MR) is 84.6 cm³/mol. The number of phenolic OH excluding ortho intramolecular Hbond substituents is 1. The lowest BCUT2D eigenvalue weighted by molar-refractivity contribution is 0.265. The molecule has 2 rings (SSSR count). The molecule has 0 fully saturated rings. The maximum atomic E-state index is 9.47. The van der Waals surface area contributed by atoms with E-state index in [1.54, 1.807) is 32.4 Å². The average Bonchev–Trinajstić information content (AvgIpc) is 2.52. The summed E-state index contributed by atoms with van der Waals surface area (Å²) in [4.78, 5) is 0. The Balaban J connectivity index is 2.26. The van der Waals surface area contributed by atoms with Gasteiger partial charge in [0.05, 0.1) is 14.2 Å². The van der Waals surface area contributed by atoms with Gasteiger partial charge in [-0.3, -0.25) is 0 Å². The molecule has 21 heavy (non-hydrogen) atoms. The fraction of sp³-hybridized carbons (Fsp3) is 0.250. The molecule has 2 aromatic carbocycles. The summed E-state index contributed by atoms with van der Waals surface area (Å²) in [5.74, 6) is 1.99. The largest absolute Gasteiger partial charge is 0.508 e. The molecule has 0 heterocycles. The van der Waals surface area contributed by atoms with Crippen molar-refractivity contribution in [3.05, 3.63) is 47.5 Å². The van der Waals surface area contributed by atoms with Gasteiger partial charge in [-0.1, -0.05) is 28.1 Å². The Morgan fingerprint density at radius 1 is 1.00 bits per heavy atom. The first-order valence-electron chi connectivity index (χ1n) is 6.39. The van der Waals surface area contributed by atoms with E-state index in [4.69, 9.17) is 14.2 Å². The van der Waals surface area contributed by atoms with Crippen LogP contribution in [-0.2, 0) is 11.9 Å². The zero-order valence-electron chi connectivity index (χ0n) is 11.9. The first-order valence-corrected chi connectivity index (χ1v) is 7.51. The van der Waals surface area contributed by atoms with Gasteiger partial charge in [0.1, 0.15) is 12.4 Å². The highest BCUT2D eigenvalue weighted by atomic mass is 79.9. The van der Waals surface area contributed by atoms with Crippen molar-refractivity contribution >= 4 is 15.9 Å². The Morgan fingerprint density at radius 3 is 2.19 bits per heavy atom. The van der Waals surface area contributed by atoms with Crippen molar-refractivity contribution in [2.75, 3.05) is 14.2 Å².